The molecule has 252 valence electrons. The summed E-state index contributed by atoms with van der Waals surface area (Å²) in [5, 5.41) is 2.38. The van der Waals surface area contributed by atoms with Gasteiger partial charge in [-0.2, -0.15) is 0 Å². The first kappa shape index (κ1) is 31.1. The quantitative estimate of drug-likeness (QED) is 0.176. The topological polar surface area (TPSA) is 43.6 Å². The third kappa shape index (κ3) is 5.02. The molecule has 0 saturated heterocycles. The Kier molecular flexibility index (Phi) is 7.19. The first-order valence-corrected chi connectivity index (χ1v) is 18.3. The van der Waals surface area contributed by atoms with Gasteiger partial charge in [0.05, 0.1) is 11.0 Å². The van der Waals surface area contributed by atoms with E-state index in [2.05, 4.69) is 152 Å². The lowest BCUT2D eigenvalue weighted by Crippen LogP contribution is -2.19. The zero-order chi connectivity index (χ0) is 35.5. The lowest BCUT2D eigenvalue weighted by Gasteiger charge is -2.25. The normalized spacial score (nSPS) is 14.8. The SMILES string of the molecule is CCC1(C)c2ccccc2-c2cc3c4cc(-c5nc(-c6ccccc6)nc(-c6ccccc6)n5)ccc4n(-c4ccc(-c5ccccc5)cc4)c3cc21. The lowest BCUT2D eigenvalue weighted by atomic mass is 9.78. The number of fused-ring (bicyclic) bond motifs is 6. The molecule has 7 aromatic carbocycles. The Hall–Kier alpha value is -6.65. The fourth-order valence-corrected chi connectivity index (χ4v) is 8.26. The minimum atomic E-state index is -0.0731. The van der Waals surface area contributed by atoms with Crippen molar-refractivity contribution in [3.63, 3.8) is 0 Å². The fraction of sp³-hybridized carbons (Fsp3) is 0.0816. The van der Waals surface area contributed by atoms with Crippen molar-refractivity contribution < 1.29 is 0 Å². The average Bonchev–Trinajstić information content (AvgIpc) is 3.69. The average molecular weight is 681 g/mol. The molecule has 53 heavy (non-hydrogen) atoms. The molecule has 1 unspecified atom stereocenters. The monoisotopic (exact) mass is 680 g/mol. The van der Waals surface area contributed by atoms with Crippen LogP contribution < -0.4 is 0 Å². The molecule has 4 nitrogen and oxygen atoms in total. The van der Waals surface area contributed by atoms with E-state index in [0.29, 0.717) is 17.5 Å². The van der Waals surface area contributed by atoms with Gasteiger partial charge in [-0.1, -0.05) is 141 Å². The second-order valence-corrected chi connectivity index (χ2v) is 14.2. The summed E-state index contributed by atoms with van der Waals surface area (Å²) < 4.78 is 2.43. The number of hydrogen-bond donors (Lipinski definition) is 0. The van der Waals surface area contributed by atoms with Crippen LogP contribution in [0.4, 0.5) is 0 Å². The van der Waals surface area contributed by atoms with Gasteiger partial charge in [0.15, 0.2) is 17.5 Å². The maximum atomic E-state index is 5.08. The van der Waals surface area contributed by atoms with E-state index in [9.17, 15) is 0 Å². The van der Waals surface area contributed by atoms with Crippen LogP contribution in [0.1, 0.15) is 31.4 Å². The zero-order valence-electron chi connectivity index (χ0n) is 29.7. The third-order valence-electron chi connectivity index (χ3n) is 11.2. The van der Waals surface area contributed by atoms with E-state index < -0.39 is 0 Å². The highest BCUT2D eigenvalue weighted by molar-refractivity contribution is 6.12. The van der Waals surface area contributed by atoms with E-state index in [1.807, 2.05) is 36.4 Å². The highest BCUT2D eigenvalue weighted by Crippen LogP contribution is 2.52. The molecular weight excluding hydrogens is 645 g/mol. The largest absolute Gasteiger partial charge is 0.309 e. The van der Waals surface area contributed by atoms with Crippen LogP contribution in [0.25, 0.3) is 83.9 Å². The van der Waals surface area contributed by atoms with Gasteiger partial charge in [0.2, 0.25) is 0 Å². The molecular formula is C49H36N4. The Morgan fingerprint density at radius 1 is 0.434 bits per heavy atom. The molecule has 0 amide bonds. The van der Waals surface area contributed by atoms with E-state index in [4.69, 9.17) is 15.0 Å². The van der Waals surface area contributed by atoms with E-state index in [-0.39, 0.29) is 5.41 Å². The molecule has 0 fully saturated rings. The second kappa shape index (κ2) is 12.2. The van der Waals surface area contributed by atoms with E-state index in [1.54, 1.807) is 0 Å². The first-order valence-electron chi connectivity index (χ1n) is 18.3. The Morgan fingerprint density at radius 2 is 0.943 bits per heavy atom. The summed E-state index contributed by atoms with van der Waals surface area (Å²) in [6.45, 7) is 4.71. The summed E-state index contributed by atoms with van der Waals surface area (Å²) in [4.78, 5) is 15.1. The molecule has 1 aliphatic carbocycles. The van der Waals surface area contributed by atoms with Gasteiger partial charge in [0, 0.05) is 38.6 Å². The molecule has 1 atom stereocenters. The van der Waals surface area contributed by atoms with E-state index in [0.717, 1.165) is 39.7 Å². The van der Waals surface area contributed by atoms with Crippen molar-refractivity contribution in [2.75, 3.05) is 0 Å². The van der Waals surface area contributed by atoms with Crippen molar-refractivity contribution in [1.82, 2.24) is 19.5 Å². The molecule has 9 aromatic rings. The van der Waals surface area contributed by atoms with Crippen molar-refractivity contribution in [2.24, 2.45) is 0 Å². The Bertz CT molecular complexity index is 2750. The molecule has 0 bridgehead atoms. The molecule has 0 N–H and O–H groups in total. The number of aromatic nitrogens is 4. The van der Waals surface area contributed by atoms with Gasteiger partial charge >= 0.3 is 0 Å². The summed E-state index contributed by atoms with van der Waals surface area (Å²) in [5.74, 6) is 1.96. The second-order valence-electron chi connectivity index (χ2n) is 14.2. The standard InChI is InChI=1S/C49H36N4/c1-3-49(2)42-22-14-13-21-38(42)39-30-41-40-29-36(48-51-46(34-17-9-5-10-18-34)50-47(52-48)35-19-11-6-12-20-35)25-28-44(40)53(45(41)31-43(39)49)37-26-23-33(24-27-37)32-15-7-4-8-16-32/h4-31H,3H2,1-2H3. The van der Waals surface area contributed by atoms with Crippen LogP contribution in [0.15, 0.2) is 170 Å². The minimum absolute atomic E-state index is 0.0731. The first-order chi connectivity index (χ1) is 26.1. The van der Waals surface area contributed by atoms with Crippen LogP contribution in [0.3, 0.4) is 0 Å². The Morgan fingerprint density at radius 3 is 1.57 bits per heavy atom. The molecule has 2 heterocycles. The van der Waals surface area contributed by atoms with Gasteiger partial charge in [-0.05, 0) is 82.3 Å². The fourth-order valence-electron chi connectivity index (χ4n) is 8.26. The van der Waals surface area contributed by atoms with E-state index in [1.165, 1.54) is 44.3 Å². The number of rotatable bonds is 6. The molecule has 10 rings (SSSR count). The summed E-state index contributed by atoms with van der Waals surface area (Å²) in [6.07, 6.45) is 1.02. The number of benzene rings is 7. The van der Waals surface area contributed by atoms with Crippen LogP contribution in [0, 0.1) is 0 Å². The van der Waals surface area contributed by atoms with Gasteiger partial charge in [0.25, 0.3) is 0 Å². The van der Waals surface area contributed by atoms with Gasteiger partial charge < -0.3 is 4.57 Å². The maximum Gasteiger partial charge on any atom is 0.164 e. The van der Waals surface area contributed by atoms with Crippen LogP contribution in [-0.4, -0.2) is 19.5 Å². The number of nitrogens with zero attached hydrogens (tertiary/aromatic N) is 4. The van der Waals surface area contributed by atoms with Gasteiger partial charge in [-0.25, -0.2) is 15.0 Å². The predicted molar refractivity (Wildman–Crippen MR) is 218 cm³/mol. The Labute approximate surface area is 309 Å². The highest BCUT2D eigenvalue weighted by Gasteiger charge is 2.38. The van der Waals surface area contributed by atoms with Gasteiger partial charge in [-0.15, -0.1) is 0 Å². The highest BCUT2D eigenvalue weighted by atomic mass is 15.0. The minimum Gasteiger partial charge on any atom is -0.309 e. The summed E-state index contributed by atoms with van der Waals surface area (Å²) in [5.41, 5.74) is 14.1. The van der Waals surface area contributed by atoms with Crippen molar-refractivity contribution in [3.8, 4) is 62.1 Å². The van der Waals surface area contributed by atoms with Crippen LogP contribution in [0.2, 0.25) is 0 Å². The molecule has 0 aliphatic heterocycles. The predicted octanol–water partition coefficient (Wildman–Crippen LogP) is 12.3. The Balaban J connectivity index is 1.22. The molecule has 4 heteroatoms. The van der Waals surface area contributed by atoms with E-state index >= 15 is 0 Å². The molecule has 0 radical (unpaired) electrons. The van der Waals surface area contributed by atoms with Crippen molar-refractivity contribution >= 4 is 21.8 Å². The molecule has 0 spiro atoms. The molecule has 2 aromatic heterocycles. The van der Waals surface area contributed by atoms with Gasteiger partial charge in [-0.3, -0.25) is 0 Å². The molecule has 1 aliphatic rings. The maximum absolute atomic E-state index is 5.08. The van der Waals surface area contributed by atoms with Crippen molar-refractivity contribution in [2.45, 2.75) is 25.7 Å². The zero-order valence-corrected chi connectivity index (χ0v) is 29.7. The van der Waals surface area contributed by atoms with Crippen molar-refractivity contribution in [3.05, 3.63) is 181 Å². The third-order valence-corrected chi connectivity index (χ3v) is 11.2. The number of hydrogen-bond acceptors (Lipinski definition) is 3. The van der Waals surface area contributed by atoms with Crippen LogP contribution in [-0.2, 0) is 5.41 Å². The summed E-state index contributed by atoms with van der Waals surface area (Å²) in [6, 6.07) is 60.4. The lowest BCUT2D eigenvalue weighted by molar-refractivity contribution is 0.565. The summed E-state index contributed by atoms with van der Waals surface area (Å²) in [7, 11) is 0. The summed E-state index contributed by atoms with van der Waals surface area (Å²) >= 11 is 0. The van der Waals surface area contributed by atoms with Crippen molar-refractivity contribution in [1.29, 1.82) is 0 Å². The van der Waals surface area contributed by atoms with Crippen LogP contribution in [0.5, 0.6) is 0 Å². The van der Waals surface area contributed by atoms with Crippen LogP contribution >= 0.6 is 0 Å². The smallest absolute Gasteiger partial charge is 0.164 e. The molecule has 0 saturated carbocycles. The van der Waals surface area contributed by atoms with Gasteiger partial charge in [0.1, 0.15) is 0 Å².